The average Bonchev–Trinajstić information content (AvgIpc) is 2.68. The Hall–Kier alpha value is -0.740. The van der Waals surface area contributed by atoms with Gasteiger partial charge in [0.15, 0.2) is 9.84 Å². The largest absolute Gasteiger partial charge is 0.398 e. The minimum atomic E-state index is -3.27. The van der Waals surface area contributed by atoms with Crippen molar-refractivity contribution < 1.29 is 8.42 Å². The summed E-state index contributed by atoms with van der Waals surface area (Å²) in [5.41, 5.74) is 5.96. The lowest BCUT2D eigenvalue weighted by molar-refractivity contribution is 0.559. The normalized spacial score (nSPS) is 17.5. The minimum absolute atomic E-state index is 0.207. The molecular formula is C12H16ClNO2S. The molecule has 1 aliphatic carbocycles. The topological polar surface area (TPSA) is 60.2 Å². The van der Waals surface area contributed by atoms with E-state index in [1.54, 1.807) is 6.07 Å². The Morgan fingerprint density at radius 2 is 1.94 bits per heavy atom. The molecule has 94 valence electrons. The van der Waals surface area contributed by atoms with Crippen LogP contribution < -0.4 is 5.73 Å². The lowest BCUT2D eigenvalue weighted by atomic mass is 10.1. The number of anilines is 1. The molecule has 0 atom stereocenters. The molecular weight excluding hydrogens is 258 g/mol. The number of nitrogens with two attached hydrogens (primary N) is 1. The van der Waals surface area contributed by atoms with E-state index in [4.69, 9.17) is 17.3 Å². The van der Waals surface area contributed by atoms with Crippen molar-refractivity contribution in [1.29, 1.82) is 0 Å². The number of sulfone groups is 1. The van der Waals surface area contributed by atoms with Crippen molar-refractivity contribution in [2.24, 2.45) is 5.92 Å². The van der Waals surface area contributed by atoms with Crippen LogP contribution in [0.4, 0.5) is 5.69 Å². The van der Waals surface area contributed by atoms with Gasteiger partial charge in [-0.25, -0.2) is 8.42 Å². The monoisotopic (exact) mass is 273 g/mol. The van der Waals surface area contributed by atoms with Gasteiger partial charge in [0.1, 0.15) is 0 Å². The van der Waals surface area contributed by atoms with Gasteiger partial charge in [0, 0.05) is 5.02 Å². The number of nitrogen functional groups attached to an aromatic ring is 1. The zero-order chi connectivity index (χ0) is 12.5. The molecule has 1 aromatic carbocycles. The summed E-state index contributed by atoms with van der Waals surface area (Å²) in [7, 11) is -3.27. The summed E-state index contributed by atoms with van der Waals surface area (Å²) in [5, 5.41) is 0.460. The van der Waals surface area contributed by atoms with Gasteiger partial charge in [-0.05, 0) is 37.0 Å². The molecule has 2 N–H and O–H groups in total. The summed E-state index contributed by atoms with van der Waals surface area (Å²) < 4.78 is 24.4. The second kappa shape index (κ2) is 4.86. The molecule has 0 radical (unpaired) electrons. The van der Waals surface area contributed by atoms with E-state index in [1.807, 2.05) is 0 Å². The summed E-state index contributed by atoms with van der Waals surface area (Å²) in [6.45, 7) is 0. The summed E-state index contributed by atoms with van der Waals surface area (Å²) in [4.78, 5) is 0.216. The Labute approximate surface area is 107 Å². The summed E-state index contributed by atoms with van der Waals surface area (Å²) in [5.74, 6) is 0.494. The molecule has 0 saturated heterocycles. The van der Waals surface area contributed by atoms with E-state index in [0.717, 1.165) is 25.7 Å². The third kappa shape index (κ3) is 2.93. The summed E-state index contributed by atoms with van der Waals surface area (Å²) in [6.07, 6.45) is 4.28. The van der Waals surface area contributed by atoms with E-state index in [2.05, 4.69) is 0 Å². The van der Waals surface area contributed by atoms with Crippen molar-refractivity contribution in [3.05, 3.63) is 23.2 Å². The molecule has 0 unspecified atom stereocenters. The van der Waals surface area contributed by atoms with Crippen molar-refractivity contribution >= 4 is 27.1 Å². The van der Waals surface area contributed by atoms with Crippen LogP contribution in [0.5, 0.6) is 0 Å². The number of benzene rings is 1. The second-order valence-corrected chi connectivity index (χ2v) is 7.05. The van der Waals surface area contributed by atoms with Gasteiger partial charge in [-0.1, -0.05) is 24.4 Å². The molecule has 1 aliphatic rings. The zero-order valence-electron chi connectivity index (χ0n) is 9.52. The molecule has 5 heteroatoms. The molecule has 3 nitrogen and oxygen atoms in total. The number of hydrogen-bond acceptors (Lipinski definition) is 3. The van der Waals surface area contributed by atoms with Crippen LogP contribution in [0.25, 0.3) is 0 Å². The fourth-order valence-electron chi connectivity index (χ4n) is 2.38. The molecule has 17 heavy (non-hydrogen) atoms. The first-order chi connectivity index (χ1) is 7.99. The zero-order valence-corrected chi connectivity index (χ0v) is 11.1. The molecule has 0 aromatic heterocycles. The Balaban J connectivity index is 2.24. The first-order valence-electron chi connectivity index (χ1n) is 5.77. The quantitative estimate of drug-likeness (QED) is 0.862. The van der Waals surface area contributed by atoms with Gasteiger partial charge < -0.3 is 5.73 Å². The van der Waals surface area contributed by atoms with Gasteiger partial charge in [-0.3, -0.25) is 0 Å². The third-order valence-corrected chi connectivity index (χ3v) is 5.42. The summed E-state index contributed by atoms with van der Waals surface area (Å²) >= 11 is 5.76. The maximum Gasteiger partial charge on any atom is 0.180 e. The lowest BCUT2D eigenvalue weighted by Crippen LogP contribution is -2.15. The van der Waals surface area contributed by atoms with E-state index in [0.29, 0.717) is 5.02 Å². The SMILES string of the molecule is Nc1cc(Cl)ccc1S(=O)(=O)CC1CCCC1. The molecule has 0 bridgehead atoms. The van der Waals surface area contributed by atoms with Crippen molar-refractivity contribution in [3.63, 3.8) is 0 Å². The van der Waals surface area contributed by atoms with E-state index >= 15 is 0 Å². The van der Waals surface area contributed by atoms with Crippen LogP contribution in [-0.4, -0.2) is 14.2 Å². The lowest BCUT2D eigenvalue weighted by Gasteiger charge is -2.11. The fraction of sp³-hybridized carbons (Fsp3) is 0.500. The van der Waals surface area contributed by atoms with E-state index in [1.165, 1.54) is 12.1 Å². The van der Waals surface area contributed by atoms with Gasteiger partial charge in [-0.2, -0.15) is 0 Å². The highest BCUT2D eigenvalue weighted by molar-refractivity contribution is 7.91. The number of hydrogen-bond donors (Lipinski definition) is 1. The van der Waals surface area contributed by atoms with Gasteiger partial charge in [0.2, 0.25) is 0 Å². The van der Waals surface area contributed by atoms with Crippen molar-refractivity contribution in [2.75, 3.05) is 11.5 Å². The maximum absolute atomic E-state index is 12.2. The Morgan fingerprint density at radius 1 is 1.29 bits per heavy atom. The Kier molecular flexibility index (Phi) is 3.64. The highest BCUT2D eigenvalue weighted by atomic mass is 35.5. The van der Waals surface area contributed by atoms with Crippen LogP contribution in [0.3, 0.4) is 0 Å². The van der Waals surface area contributed by atoms with Gasteiger partial charge in [0.05, 0.1) is 16.3 Å². The predicted octanol–water partition coefficient (Wildman–Crippen LogP) is 2.89. The van der Waals surface area contributed by atoms with Crippen LogP contribution in [0, 0.1) is 5.92 Å². The fourth-order valence-corrected chi connectivity index (χ4v) is 4.39. The number of rotatable bonds is 3. The van der Waals surface area contributed by atoms with Crippen LogP contribution >= 0.6 is 11.6 Å². The maximum atomic E-state index is 12.2. The van der Waals surface area contributed by atoms with Crippen LogP contribution in [0.2, 0.25) is 5.02 Å². The van der Waals surface area contributed by atoms with Crippen molar-refractivity contribution in [1.82, 2.24) is 0 Å². The first-order valence-corrected chi connectivity index (χ1v) is 7.80. The highest BCUT2D eigenvalue weighted by Gasteiger charge is 2.25. The van der Waals surface area contributed by atoms with Crippen LogP contribution in [-0.2, 0) is 9.84 Å². The Morgan fingerprint density at radius 3 is 2.53 bits per heavy atom. The standard InChI is InChI=1S/C12H16ClNO2S/c13-10-5-6-12(11(14)7-10)17(15,16)8-9-3-1-2-4-9/h5-7,9H,1-4,8,14H2. The Bertz CT molecular complexity index is 507. The van der Waals surface area contributed by atoms with Crippen molar-refractivity contribution in [3.8, 4) is 0 Å². The molecule has 0 spiro atoms. The van der Waals surface area contributed by atoms with Crippen molar-refractivity contribution in [2.45, 2.75) is 30.6 Å². The van der Waals surface area contributed by atoms with Gasteiger partial charge in [0.25, 0.3) is 0 Å². The first kappa shape index (κ1) is 12.7. The smallest absolute Gasteiger partial charge is 0.180 e. The van der Waals surface area contributed by atoms with E-state index in [9.17, 15) is 8.42 Å². The van der Waals surface area contributed by atoms with Gasteiger partial charge >= 0.3 is 0 Å². The highest BCUT2D eigenvalue weighted by Crippen LogP contribution is 2.30. The van der Waals surface area contributed by atoms with Crippen LogP contribution in [0.1, 0.15) is 25.7 Å². The van der Waals surface area contributed by atoms with E-state index in [-0.39, 0.29) is 22.3 Å². The molecule has 0 heterocycles. The molecule has 1 aromatic rings. The minimum Gasteiger partial charge on any atom is -0.398 e. The summed E-state index contributed by atoms with van der Waals surface area (Å²) in [6, 6.07) is 4.56. The molecule has 1 saturated carbocycles. The molecule has 0 aliphatic heterocycles. The average molecular weight is 274 g/mol. The number of halogens is 1. The third-order valence-electron chi connectivity index (χ3n) is 3.24. The molecule has 0 amide bonds. The molecule has 1 fully saturated rings. The molecule has 2 rings (SSSR count). The predicted molar refractivity (Wildman–Crippen MR) is 69.9 cm³/mol. The van der Waals surface area contributed by atoms with Gasteiger partial charge in [-0.15, -0.1) is 0 Å². The van der Waals surface area contributed by atoms with Crippen LogP contribution in [0.15, 0.2) is 23.1 Å². The second-order valence-electron chi connectivity index (χ2n) is 4.61. The van der Waals surface area contributed by atoms with E-state index < -0.39 is 9.84 Å².